The van der Waals surface area contributed by atoms with Crippen LogP contribution in [-0.4, -0.2) is 11.5 Å². The molecule has 0 amide bonds. The van der Waals surface area contributed by atoms with E-state index in [9.17, 15) is 0 Å². The molecule has 0 spiro atoms. The van der Waals surface area contributed by atoms with Gasteiger partial charge in [-0.1, -0.05) is 12.1 Å². The fraction of sp³-hybridized carbons (Fsp3) is 0.200. The van der Waals surface area contributed by atoms with Crippen LogP contribution < -0.4 is 10.5 Å². The Morgan fingerprint density at radius 3 is 2.89 bits per heavy atom. The van der Waals surface area contributed by atoms with Crippen molar-refractivity contribution in [1.82, 2.24) is 4.98 Å². The molecule has 4 nitrogen and oxygen atoms in total. The Bertz CT molecular complexity index is 590. The van der Waals surface area contributed by atoms with Crippen LogP contribution in [0, 0.1) is 18.3 Å². The Balaban J connectivity index is 2.26. The van der Waals surface area contributed by atoms with Crippen molar-refractivity contribution < 1.29 is 4.74 Å². The van der Waals surface area contributed by atoms with E-state index in [0.29, 0.717) is 17.9 Å². The van der Waals surface area contributed by atoms with Crippen LogP contribution in [0.5, 0.6) is 5.75 Å². The minimum Gasteiger partial charge on any atom is -0.484 e. The summed E-state index contributed by atoms with van der Waals surface area (Å²) in [6.07, 6.45) is 3.18. The van der Waals surface area contributed by atoms with Crippen molar-refractivity contribution in [3.05, 3.63) is 59.4 Å². The first-order valence-corrected chi connectivity index (χ1v) is 6.02. The highest BCUT2D eigenvalue weighted by atomic mass is 16.5. The van der Waals surface area contributed by atoms with Gasteiger partial charge in [0.25, 0.3) is 0 Å². The Hall–Kier alpha value is -2.38. The molecular weight excluding hydrogens is 238 g/mol. The quantitative estimate of drug-likeness (QED) is 0.907. The van der Waals surface area contributed by atoms with Gasteiger partial charge >= 0.3 is 0 Å². The number of nitrogens with zero attached hydrogens (tertiary/aromatic N) is 2. The molecule has 0 aliphatic carbocycles. The number of aromatic nitrogens is 1. The highest BCUT2D eigenvalue weighted by molar-refractivity contribution is 5.42. The van der Waals surface area contributed by atoms with Gasteiger partial charge in [0.05, 0.1) is 11.6 Å². The minimum atomic E-state index is -0.263. The number of ether oxygens (including phenoxy) is 1. The highest BCUT2D eigenvalue weighted by Crippen LogP contribution is 2.25. The summed E-state index contributed by atoms with van der Waals surface area (Å²) in [5.41, 5.74) is 8.22. The zero-order chi connectivity index (χ0) is 13.7. The fourth-order valence-electron chi connectivity index (χ4n) is 1.77. The molecular formula is C15H15N3O. The average Bonchev–Trinajstić information content (AvgIpc) is 2.47. The molecule has 1 heterocycles. The van der Waals surface area contributed by atoms with E-state index >= 15 is 0 Å². The molecule has 2 N–H and O–H groups in total. The van der Waals surface area contributed by atoms with Crippen LogP contribution in [0.15, 0.2) is 42.7 Å². The van der Waals surface area contributed by atoms with E-state index in [2.05, 4.69) is 11.1 Å². The zero-order valence-corrected chi connectivity index (χ0v) is 10.7. The van der Waals surface area contributed by atoms with Gasteiger partial charge in [-0.25, -0.2) is 0 Å². The standard InChI is InChI=1S/C15H15N3O/c1-11-4-5-12(8-16)7-14(11)19-15(9-17)13-3-2-6-18-10-13/h2-7,10,15H,9,17H2,1H3. The van der Waals surface area contributed by atoms with Gasteiger partial charge in [-0.15, -0.1) is 0 Å². The van der Waals surface area contributed by atoms with E-state index in [1.54, 1.807) is 24.5 Å². The summed E-state index contributed by atoms with van der Waals surface area (Å²) in [6, 6.07) is 11.2. The van der Waals surface area contributed by atoms with E-state index in [1.807, 2.05) is 25.1 Å². The van der Waals surface area contributed by atoms with Crippen molar-refractivity contribution in [3.63, 3.8) is 0 Å². The number of pyridine rings is 1. The normalized spacial score (nSPS) is 11.6. The predicted octanol–water partition coefficient (Wildman–Crippen LogP) is 2.34. The maximum absolute atomic E-state index is 8.92. The van der Waals surface area contributed by atoms with E-state index in [-0.39, 0.29) is 6.10 Å². The van der Waals surface area contributed by atoms with E-state index in [0.717, 1.165) is 11.1 Å². The third kappa shape index (κ3) is 3.09. The third-order valence-electron chi connectivity index (χ3n) is 2.86. The third-order valence-corrected chi connectivity index (χ3v) is 2.86. The van der Waals surface area contributed by atoms with Crippen molar-refractivity contribution in [1.29, 1.82) is 5.26 Å². The van der Waals surface area contributed by atoms with Crippen molar-refractivity contribution in [2.75, 3.05) is 6.54 Å². The summed E-state index contributed by atoms with van der Waals surface area (Å²) >= 11 is 0. The molecule has 0 fully saturated rings. The predicted molar refractivity (Wildman–Crippen MR) is 72.6 cm³/mol. The van der Waals surface area contributed by atoms with Gasteiger partial charge in [0.1, 0.15) is 11.9 Å². The molecule has 2 rings (SSSR count). The van der Waals surface area contributed by atoms with Crippen LogP contribution in [-0.2, 0) is 0 Å². The molecule has 1 aromatic carbocycles. The lowest BCUT2D eigenvalue weighted by molar-refractivity contribution is 0.212. The van der Waals surface area contributed by atoms with Gasteiger partial charge < -0.3 is 10.5 Å². The number of hydrogen-bond donors (Lipinski definition) is 1. The van der Waals surface area contributed by atoms with Crippen molar-refractivity contribution in [2.24, 2.45) is 5.73 Å². The minimum absolute atomic E-state index is 0.263. The molecule has 0 saturated heterocycles. The lowest BCUT2D eigenvalue weighted by Crippen LogP contribution is -2.19. The summed E-state index contributed by atoms with van der Waals surface area (Å²) in [5.74, 6) is 0.679. The van der Waals surface area contributed by atoms with Gasteiger partial charge in [0, 0.05) is 24.5 Å². The van der Waals surface area contributed by atoms with Crippen molar-refractivity contribution >= 4 is 0 Å². The van der Waals surface area contributed by atoms with Crippen LogP contribution in [0.4, 0.5) is 0 Å². The van der Waals surface area contributed by atoms with Gasteiger partial charge in [-0.05, 0) is 30.7 Å². The zero-order valence-electron chi connectivity index (χ0n) is 10.7. The summed E-state index contributed by atoms with van der Waals surface area (Å²) in [7, 11) is 0. The van der Waals surface area contributed by atoms with Crippen LogP contribution in [0.2, 0.25) is 0 Å². The Labute approximate surface area is 112 Å². The Kier molecular flexibility index (Phi) is 4.11. The molecule has 2 aromatic rings. The number of aryl methyl sites for hydroxylation is 1. The summed E-state index contributed by atoms with van der Waals surface area (Å²) in [4.78, 5) is 4.06. The molecule has 0 bridgehead atoms. The molecule has 0 aliphatic heterocycles. The molecule has 4 heteroatoms. The van der Waals surface area contributed by atoms with E-state index in [4.69, 9.17) is 15.7 Å². The van der Waals surface area contributed by atoms with Crippen LogP contribution in [0.1, 0.15) is 22.8 Å². The molecule has 1 unspecified atom stereocenters. The number of nitrogens with two attached hydrogens (primary N) is 1. The van der Waals surface area contributed by atoms with Gasteiger partial charge in [0.2, 0.25) is 0 Å². The highest BCUT2D eigenvalue weighted by Gasteiger charge is 2.13. The first kappa shape index (κ1) is 13.1. The number of nitriles is 1. The summed E-state index contributed by atoms with van der Waals surface area (Å²) in [5, 5.41) is 8.92. The molecule has 0 radical (unpaired) electrons. The molecule has 1 atom stereocenters. The molecule has 0 aliphatic rings. The molecule has 96 valence electrons. The molecule has 1 aromatic heterocycles. The largest absolute Gasteiger partial charge is 0.484 e. The first-order chi connectivity index (χ1) is 9.24. The molecule has 19 heavy (non-hydrogen) atoms. The number of rotatable bonds is 4. The average molecular weight is 253 g/mol. The molecule has 0 saturated carbocycles. The van der Waals surface area contributed by atoms with Gasteiger partial charge in [-0.2, -0.15) is 5.26 Å². The van der Waals surface area contributed by atoms with Crippen LogP contribution in [0.25, 0.3) is 0 Å². The topological polar surface area (TPSA) is 71.9 Å². The summed E-state index contributed by atoms with van der Waals surface area (Å²) in [6.45, 7) is 2.29. The van der Waals surface area contributed by atoms with Gasteiger partial charge in [0.15, 0.2) is 0 Å². The lowest BCUT2D eigenvalue weighted by atomic mass is 10.1. The fourth-order valence-corrected chi connectivity index (χ4v) is 1.77. The first-order valence-electron chi connectivity index (χ1n) is 6.02. The second kappa shape index (κ2) is 5.98. The Morgan fingerprint density at radius 2 is 2.26 bits per heavy atom. The van der Waals surface area contributed by atoms with Crippen LogP contribution in [0.3, 0.4) is 0 Å². The van der Waals surface area contributed by atoms with Gasteiger partial charge in [-0.3, -0.25) is 4.98 Å². The number of benzene rings is 1. The monoisotopic (exact) mass is 253 g/mol. The maximum Gasteiger partial charge on any atom is 0.137 e. The van der Waals surface area contributed by atoms with Crippen LogP contribution >= 0.6 is 0 Å². The van der Waals surface area contributed by atoms with Crippen molar-refractivity contribution in [2.45, 2.75) is 13.0 Å². The smallest absolute Gasteiger partial charge is 0.137 e. The van der Waals surface area contributed by atoms with Crippen molar-refractivity contribution in [3.8, 4) is 11.8 Å². The van der Waals surface area contributed by atoms with E-state index in [1.165, 1.54) is 0 Å². The van der Waals surface area contributed by atoms with E-state index < -0.39 is 0 Å². The SMILES string of the molecule is Cc1ccc(C#N)cc1OC(CN)c1cccnc1. The lowest BCUT2D eigenvalue weighted by Gasteiger charge is -2.19. The maximum atomic E-state index is 8.92. The number of hydrogen-bond acceptors (Lipinski definition) is 4. The second-order valence-corrected chi connectivity index (χ2v) is 4.22. The second-order valence-electron chi connectivity index (χ2n) is 4.22. The Morgan fingerprint density at radius 1 is 1.42 bits per heavy atom. The summed E-state index contributed by atoms with van der Waals surface area (Å²) < 4.78 is 5.91.